The van der Waals surface area contributed by atoms with Crippen LogP contribution < -0.4 is 9.47 Å². The molecular weight excluding hydrogens is 432 g/mol. The Hall–Kier alpha value is -1.78. The molecule has 0 atom stereocenters. The largest absolute Gasteiger partial charge is 0.457 e. The fourth-order valence-corrected chi connectivity index (χ4v) is 2.70. The van der Waals surface area contributed by atoms with E-state index in [-0.39, 0.29) is 0 Å². The van der Waals surface area contributed by atoms with E-state index in [4.69, 9.17) is 9.47 Å². The quantitative estimate of drug-likeness (QED) is 0.414. The van der Waals surface area contributed by atoms with E-state index in [1.165, 1.54) is 0 Å². The van der Waals surface area contributed by atoms with Crippen molar-refractivity contribution < 1.29 is 9.47 Å². The van der Waals surface area contributed by atoms with Crippen molar-refractivity contribution in [1.29, 1.82) is 0 Å². The van der Waals surface area contributed by atoms with Crippen LogP contribution in [0.2, 0.25) is 0 Å². The Bertz CT molecular complexity index is 786. The van der Waals surface area contributed by atoms with Crippen molar-refractivity contribution in [3.8, 4) is 23.0 Å². The second-order valence-corrected chi connectivity index (χ2v) is 7.21. The van der Waals surface area contributed by atoms with E-state index in [2.05, 4.69) is 31.9 Å². The van der Waals surface area contributed by atoms with E-state index < -0.39 is 0 Å². The molecular formula is C20H16Br2O2. The maximum absolute atomic E-state index is 5.87. The van der Waals surface area contributed by atoms with Gasteiger partial charge in [-0.1, -0.05) is 31.9 Å². The van der Waals surface area contributed by atoms with Crippen molar-refractivity contribution in [3.05, 3.63) is 80.7 Å². The van der Waals surface area contributed by atoms with Crippen molar-refractivity contribution in [2.45, 2.75) is 13.8 Å². The van der Waals surface area contributed by atoms with Crippen molar-refractivity contribution in [3.63, 3.8) is 0 Å². The first-order valence-electron chi connectivity index (χ1n) is 7.49. The summed E-state index contributed by atoms with van der Waals surface area (Å²) in [5.74, 6) is 3.17. The van der Waals surface area contributed by atoms with Crippen LogP contribution in [-0.2, 0) is 0 Å². The Labute approximate surface area is 158 Å². The van der Waals surface area contributed by atoms with Crippen LogP contribution >= 0.6 is 31.9 Å². The number of hydrogen-bond donors (Lipinski definition) is 0. The third-order valence-electron chi connectivity index (χ3n) is 3.55. The molecule has 0 radical (unpaired) electrons. The van der Waals surface area contributed by atoms with Gasteiger partial charge in [-0.25, -0.2) is 0 Å². The highest BCUT2D eigenvalue weighted by Gasteiger charge is 2.03. The molecule has 0 N–H and O–H groups in total. The second-order valence-electron chi connectivity index (χ2n) is 5.50. The molecule has 0 amide bonds. The summed E-state index contributed by atoms with van der Waals surface area (Å²) in [6, 6.07) is 19.4. The van der Waals surface area contributed by atoms with Crippen LogP contribution in [0.1, 0.15) is 11.1 Å². The molecule has 2 nitrogen and oxygen atoms in total. The third kappa shape index (κ3) is 4.19. The molecule has 0 aliphatic heterocycles. The lowest BCUT2D eigenvalue weighted by molar-refractivity contribution is 0.469. The standard InChI is InChI=1S/C20H16Br2O2/c1-13-11-17(7-9-19(13)21)23-15-3-5-16(6-4-15)24-18-8-10-20(22)14(2)12-18/h3-12H,1-2H3. The zero-order valence-corrected chi connectivity index (χ0v) is 16.5. The average Bonchev–Trinajstić information content (AvgIpc) is 2.56. The summed E-state index contributed by atoms with van der Waals surface area (Å²) in [6.45, 7) is 4.07. The molecule has 24 heavy (non-hydrogen) atoms. The highest BCUT2D eigenvalue weighted by molar-refractivity contribution is 9.10. The van der Waals surface area contributed by atoms with Gasteiger partial charge in [0.1, 0.15) is 23.0 Å². The monoisotopic (exact) mass is 446 g/mol. The van der Waals surface area contributed by atoms with Crippen LogP contribution in [0.4, 0.5) is 0 Å². The van der Waals surface area contributed by atoms with Gasteiger partial charge in [0.05, 0.1) is 0 Å². The summed E-state index contributed by atoms with van der Waals surface area (Å²) in [4.78, 5) is 0. The number of ether oxygens (including phenoxy) is 2. The van der Waals surface area contributed by atoms with Crippen molar-refractivity contribution in [2.24, 2.45) is 0 Å². The van der Waals surface area contributed by atoms with E-state index >= 15 is 0 Å². The molecule has 0 fully saturated rings. The van der Waals surface area contributed by atoms with Crippen molar-refractivity contribution in [1.82, 2.24) is 0 Å². The lowest BCUT2D eigenvalue weighted by atomic mass is 10.2. The zero-order chi connectivity index (χ0) is 17.1. The van der Waals surface area contributed by atoms with Gasteiger partial charge in [0.2, 0.25) is 0 Å². The predicted octanol–water partition coefficient (Wildman–Crippen LogP) is 7.41. The molecule has 3 rings (SSSR count). The van der Waals surface area contributed by atoms with E-state index in [1.54, 1.807) is 0 Å². The topological polar surface area (TPSA) is 18.5 Å². The maximum atomic E-state index is 5.87. The Balaban J connectivity index is 1.70. The van der Waals surface area contributed by atoms with Gasteiger partial charge in [-0.3, -0.25) is 0 Å². The highest BCUT2D eigenvalue weighted by Crippen LogP contribution is 2.30. The molecule has 0 unspecified atom stereocenters. The van der Waals surface area contributed by atoms with Gasteiger partial charge >= 0.3 is 0 Å². The predicted molar refractivity (Wildman–Crippen MR) is 104 cm³/mol. The van der Waals surface area contributed by atoms with Gasteiger partial charge in [0.25, 0.3) is 0 Å². The summed E-state index contributed by atoms with van der Waals surface area (Å²) < 4.78 is 13.9. The number of hydrogen-bond acceptors (Lipinski definition) is 2. The van der Waals surface area contributed by atoms with Crippen molar-refractivity contribution >= 4 is 31.9 Å². The van der Waals surface area contributed by atoms with Crippen LogP contribution in [0.25, 0.3) is 0 Å². The normalized spacial score (nSPS) is 10.5. The molecule has 0 aliphatic rings. The first kappa shape index (κ1) is 17.1. The molecule has 0 saturated heterocycles. The first-order chi connectivity index (χ1) is 11.5. The summed E-state index contributed by atoms with van der Waals surface area (Å²) in [5.41, 5.74) is 2.27. The second kappa shape index (κ2) is 7.41. The van der Waals surface area contributed by atoms with Gasteiger partial charge in [0.15, 0.2) is 0 Å². The lowest BCUT2D eigenvalue weighted by Gasteiger charge is -2.10. The van der Waals surface area contributed by atoms with Gasteiger partial charge < -0.3 is 9.47 Å². The van der Waals surface area contributed by atoms with E-state index in [1.807, 2.05) is 74.5 Å². The Morgan fingerprint density at radius 3 is 1.21 bits per heavy atom. The van der Waals surface area contributed by atoms with E-state index in [9.17, 15) is 0 Å². The fourth-order valence-electron chi connectivity index (χ4n) is 2.21. The van der Waals surface area contributed by atoms with Crippen LogP contribution in [0.3, 0.4) is 0 Å². The van der Waals surface area contributed by atoms with Crippen LogP contribution in [0.5, 0.6) is 23.0 Å². The zero-order valence-electron chi connectivity index (χ0n) is 13.3. The SMILES string of the molecule is Cc1cc(Oc2ccc(Oc3ccc(Br)c(C)c3)cc2)ccc1Br. The summed E-state index contributed by atoms with van der Waals surface area (Å²) in [7, 11) is 0. The van der Waals surface area contributed by atoms with Crippen LogP contribution in [-0.4, -0.2) is 0 Å². The van der Waals surface area contributed by atoms with Crippen LogP contribution in [0, 0.1) is 13.8 Å². The number of halogens is 2. The van der Waals surface area contributed by atoms with Gasteiger partial charge in [-0.15, -0.1) is 0 Å². The molecule has 0 spiro atoms. The molecule has 0 saturated carbocycles. The molecule has 0 bridgehead atoms. The molecule has 3 aromatic carbocycles. The summed E-state index contributed by atoms with van der Waals surface area (Å²) in [5, 5.41) is 0. The summed E-state index contributed by atoms with van der Waals surface area (Å²) >= 11 is 6.98. The Morgan fingerprint density at radius 2 is 0.875 bits per heavy atom. The van der Waals surface area contributed by atoms with Crippen LogP contribution in [0.15, 0.2) is 69.6 Å². The maximum Gasteiger partial charge on any atom is 0.127 e. The minimum absolute atomic E-state index is 0.774. The number of aryl methyl sites for hydroxylation is 2. The Morgan fingerprint density at radius 1 is 0.542 bits per heavy atom. The van der Waals surface area contributed by atoms with Gasteiger partial charge in [0, 0.05) is 8.95 Å². The summed E-state index contributed by atoms with van der Waals surface area (Å²) in [6.07, 6.45) is 0. The van der Waals surface area contributed by atoms with Crippen molar-refractivity contribution in [2.75, 3.05) is 0 Å². The molecule has 122 valence electrons. The highest BCUT2D eigenvalue weighted by atomic mass is 79.9. The third-order valence-corrected chi connectivity index (χ3v) is 5.33. The fraction of sp³-hybridized carbons (Fsp3) is 0.100. The molecule has 4 heteroatoms. The minimum atomic E-state index is 0.774. The number of rotatable bonds is 4. The van der Waals surface area contributed by atoms with E-state index in [0.29, 0.717) is 0 Å². The smallest absolute Gasteiger partial charge is 0.127 e. The molecule has 0 heterocycles. The first-order valence-corrected chi connectivity index (χ1v) is 9.08. The lowest BCUT2D eigenvalue weighted by Crippen LogP contribution is -1.88. The molecule has 3 aromatic rings. The van der Waals surface area contributed by atoms with Gasteiger partial charge in [-0.2, -0.15) is 0 Å². The molecule has 0 aromatic heterocycles. The van der Waals surface area contributed by atoms with E-state index in [0.717, 1.165) is 43.1 Å². The number of benzene rings is 3. The Kier molecular flexibility index (Phi) is 5.27. The van der Waals surface area contributed by atoms with Gasteiger partial charge in [-0.05, 0) is 85.6 Å². The minimum Gasteiger partial charge on any atom is -0.457 e. The molecule has 0 aliphatic carbocycles. The average molecular weight is 448 g/mol.